The molecule has 0 bridgehead atoms. The Balaban J connectivity index is 2.02. The van der Waals surface area contributed by atoms with Crippen LogP contribution < -0.4 is 14.4 Å². The minimum Gasteiger partial charge on any atom is -0.507 e. The number of aliphatic hydroxyl groups is 1. The number of hydrogen-bond acceptors (Lipinski definition) is 6. The lowest BCUT2D eigenvalue weighted by atomic mass is 9.97. The number of anilines is 1. The number of benzene rings is 2. The second-order valence-corrected chi connectivity index (χ2v) is 7.83. The van der Waals surface area contributed by atoms with Crippen molar-refractivity contribution < 1.29 is 24.2 Å². The number of carbonyl (C=O) groups is 2. The van der Waals surface area contributed by atoms with Crippen LogP contribution in [-0.4, -0.2) is 36.0 Å². The zero-order valence-corrected chi connectivity index (χ0v) is 19.0. The van der Waals surface area contributed by atoms with Gasteiger partial charge in [-0.2, -0.15) is 0 Å². The Bertz CT molecular complexity index is 1270. The molecule has 0 saturated carbocycles. The van der Waals surface area contributed by atoms with Gasteiger partial charge in [0.2, 0.25) is 0 Å². The molecule has 1 saturated heterocycles. The standard InChI is InChI=1S/C25H21ClN2O5/c1-14-12-15(24(33-3)16(26)13-14)22(29)20-21(17-8-6-7-11-27-17)28(25(31)23(20)30)18-9-4-5-10-19(18)32-2/h4-13,21,29H,1-3H3/b22-20+. The van der Waals surface area contributed by atoms with Crippen molar-refractivity contribution in [3.63, 3.8) is 0 Å². The van der Waals surface area contributed by atoms with E-state index in [1.807, 2.05) is 0 Å². The van der Waals surface area contributed by atoms with E-state index < -0.39 is 23.5 Å². The molecule has 1 fully saturated rings. The summed E-state index contributed by atoms with van der Waals surface area (Å²) in [5, 5.41) is 11.6. The number of carbonyl (C=O) groups excluding carboxylic acids is 2. The first kappa shape index (κ1) is 22.4. The summed E-state index contributed by atoms with van der Waals surface area (Å²) < 4.78 is 10.8. The third kappa shape index (κ3) is 3.81. The maximum atomic E-state index is 13.3. The Labute approximate surface area is 195 Å². The number of nitrogens with zero attached hydrogens (tertiary/aromatic N) is 2. The number of rotatable bonds is 5. The van der Waals surface area contributed by atoms with Crippen LogP contribution in [-0.2, 0) is 9.59 Å². The normalized spacial score (nSPS) is 17.3. The summed E-state index contributed by atoms with van der Waals surface area (Å²) in [4.78, 5) is 32.3. The van der Waals surface area contributed by atoms with Crippen molar-refractivity contribution in [3.05, 3.63) is 88.2 Å². The monoisotopic (exact) mass is 464 g/mol. The average Bonchev–Trinajstić information content (AvgIpc) is 3.09. The van der Waals surface area contributed by atoms with E-state index in [1.165, 1.54) is 19.1 Å². The maximum absolute atomic E-state index is 13.3. The van der Waals surface area contributed by atoms with E-state index in [0.717, 1.165) is 5.56 Å². The van der Waals surface area contributed by atoms with Gasteiger partial charge in [-0.05, 0) is 48.9 Å². The summed E-state index contributed by atoms with van der Waals surface area (Å²) >= 11 is 6.32. The fourth-order valence-corrected chi connectivity index (χ4v) is 4.34. The highest BCUT2D eigenvalue weighted by Gasteiger charge is 2.48. The molecule has 3 aromatic rings. The molecule has 4 rings (SSSR count). The van der Waals surface area contributed by atoms with Crippen LogP contribution in [0.2, 0.25) is 5.02 Å². The molecule has 0 radical (unpaired) electrons. The van der Waals surface area contributed by atoms with Crippen molar-refractivity contribution >= 4 is 34.7 Å². The number of para-hydroxylation sites is 2. The van der Waals surface area contributed by atoms with E-state index in [1.54, 1.807) is 67.7 Å². The second-order valence-electron chi connectivity index (χ2n) is 7.42. The minimum atomic E-state index is -0.994. The Morgan fingerprint density at radius 3 is 2.45 bits per heavy atom. The zero-order chi connectivity index (χ0) is 23.7. The lowest BCUT2D eigenvalue weighted by molar-refractivity contribution is -0.132. The number of aryl methyl sites for hydroxylation is 1. The van der Waals surface area contributed by atoms with Gasteiger partial charge in [0.25, 0.3) is 11.7 Å². The Kier molecular flexibility index (Phi) is 6.07. The van der Waals surface area contributed by atoms with Gasteiger partial charge in [-0.1, -0.05) is 29.8 Å². The summed E-state index contributed by atoms with van der Waals surface area (Å²) in [6.07, 6.45) is 1.56. The molecule has 1 N–H and O–H groups in total. The van der Waals surface area contributed by atoms with E-state index >= 15 is 0 Å². The highest BCUT2D eigenvalue weighted by atomic mass is 35.5. The van der Waals surface area contributed by atoms with Crippen molar-refractivity contribution in [2.75, 3.05) is 19.1 Å². The Morgan fingerprint density at radius 1 is 1.06 bits per heavy atom. The van der Waals surface area contributed by atoms with Gasteiger partial charge in [0.05, 0.1) is 41.8 Å². The number of halogens is 1. The Morgan fingerprint density at radius 2 is 1.79 bits per heavy atom. The van der Waals surface area contributed by atoms with E-state index in [2.05, 4.69) is 4.98 Å². The van der Waals surface area contributed by atoms with Gasteiger partial charge in [-0.25, -0.2) is 0 Å². The first-order valence-electron chi connectivity index (χ1n) is 10.1. The number of hydrogen-bond donors (Lipinski definition) is 1. The summed E-state index contributed by atoms with van der Waals surface area (Å²) in [5.74, 6) is -1.47. The van der Waals surface area contributed by atoms with E-state index in [0.29, 0.717) is 17.1 Å². The molecular formula is C25H21ClN2O5. The van der Waals surface area contributed by atoms with Gasteiger partial charge in [0.15, 0.2) is 0 Å². The molecule has 33 heavy (non-hydrogen) atoms. The van der Waals surface area contributed by atoms with Crippen LogP contribution in [0.25, 0.3) is 5.76 Å². The smallest absolute Gasteiger partial charge is 0.300 e. The summed E-state index contributed by atoms with van der Waals surface area (Å²) in [6, 6.07) is 14.3. The fourth-order valence-electron chi connectivity index (χ4n) is 3.98. The molecule has 1 aliphatic heterocycles. The lowest BCUT2D eigenvalue weighted by Gasteiger charge is -2.26. The number of amides is 1. The van der Waals surface area contributed by atoms with Crippen LogP contribution in [0.1, 0.15) is 22.9 Å². The SMILES string of the molecule is COc1ccccc1N1C(=O)C(=O)/C(=C(/O)c2cc(C)cc(Cl)c2OC)C1c1ccccn1. The van der Waals surface area contributed by atoms with Gasteiger partial charge in [-0.3, -0.25) is 19.5 Å². The molecule has 8 heteroatoms. The number of ketones is 1. The summed E-state index contributed by atoms with van der Waals surface area (Å²) in [7, 11) is 2.89. The largest absolute Gasteiger partial charge is 0.507 e. The molecule has 0 spiro atoms. The van der Waals surface area contributed by atoms with Crippen molar-refractivity contribution in [1.82, 2.24) is 4.98 Å². The molecule has 7 nitrogen and oxygen atoms in total. The molecule has 1 unspecified atom stereocenters. The topological polar surface area (TPSA) is 89.0 Å². The van der Waals surface area contributed by atoms with E-state index in [-0.39, 0.29) is 21.9 Å². The van der Waals surface area contributed by atoms with Crippen LogP contribution in [0.5, 0.6) is 11.5 Å². The number of ether oxygens (including phenoxy) is 2. The van der Waals surface area contributed by atoms with Gasteiger partial charge >= 0.3 is 0 Å². The number of methoxy groups -OCH3 is 2. The number of pyridine rings is 1. The molecular weight excluding hydrogens is 444 g/mol. The van der Waals surface area contributed by atoms with Crippen molar-refractivity contribution in [3.8, 4) is 11.5 Å². The number of aliphatic hydroxyl groups excluding tert-OH is 1. The van der Waals surface area contributed by atoms with Crippen molar-refractivity contribution in [2.24, 2.45) is 0 Å². The highest BCUT2D eigenvalue weighted by Crippen LogP contribution is 2.45. The minimum absolute atomic E-state index is 0.121. The first-order valence-corrected chi connectivity index (χ1v) is 10.5. The quantitative estimate of drug-likeness (QED) is 0.335. The maximum Gasteiger partial charge on any atom is 0.300 e. The van der Waals surface area contributed by atoms with Crippen LogP contribution in [0, 0.1) is 6.92 Å². The third-order valence-electron chi connectivity index (χ3n) is 5.40. The molecule has 1 aromatic heterocycles. The molecule has 0 aliphatic carbocycles. The molecule has 168 valence electrons. The molecule has 1 atom stereocenters. The van der Waals surface area contributed by atoms with Crippen molar-refractivity contribution in [1.29, 1.82) is 0 Å². The molecule has 2 aromatic carbocycles. The average molecular weight is 465 g/mol. The van der Waals surface area contributed by atoms with Crippen LogP contribution >= 0.6 is 11.6 Å². The predicted octanol–water partition coefficient (Wildman–Crippen LogP) is 4.69. The molecule has 1 amide bonds. The van der Waals surface area contributed by atoms with E-state index in [9.17, 15) is 14.7 Å². The highest BCUT2D eigenvalue weighted by molar-refractivity contribution is 6.52. The molecule has 2 heterocycles. The van der Waals surface area contributed by atoms with Gasteiger partial charge < -0.3 is 14.6 Å². The summed E-state index contributed by atoms with van der Waals surface area (Å²) in [5.41, 5.74) is 1.62. The van der Waals surface area contributed by atoms with Crippen LogP contribution in [0.15, 0.2) is 66.4 Å². The summed E-state index contributed by atoms with van der Waals surface area (Å²) in [6.45, 7) is 1.80. The Hall–Kier alpha value is -3.84. The fraction of sp³-hybridized carbons (Fsp3) is 0.160. The molecule has 1 aliphatic rings. The van der Waals surface area contributed by atoms with Crippen LogP contribution in [0.3, 0.4) is 0 Å². The first-order chi connectivity index (χ1) is 15.9. The number of Topliss-reactive ketones (excluding diaryl/α,β-unsaturated/α-hetero) is 1. The zero-order valence-electron chi connectivity index (χ0n) is 18.2. The second kappa shape index (κ2) is 8.96. The van der Waals surface area contributed by atoms with E-state index in [4.69, 9.17) is 21.1 Å². The van der Waals surface area contributed by atoms with Gasteiger partial charge in [0.1, 0.15) is 23.3 Å². The van der Waals surface area contributed by atoms with Crippen molar-refractivity contribution in [2.45, 2.75) is 13.0 Å². The van der Waals surface area contributed by atoms with Gasteiger partial charge in [-0.15, -0.1) is 0 Å². The predicted molar refractivity (Wildman–Crippen MR) is 125 cm³/mol. The van der Waals surface area contributed by atoms with Crippen LogP contribution in [0.4, 0.5) is 5.69 Å². The third-order valence-corrected chi connectivity index (χ3v) is 5.68. The van der Waals surface area contributed by atoms with Gasteiger partial charge in [0, 0.05) is 6.20 Å². The number of aromatic nitrogens is 1. The lowest BCUT2D eigenvalue weighted by Crippen LogP contribution is -2.30.